The van der Waals surface area contributed by atoms with Crippen LogP contribution in [0.5, 0.6) is 0 Å². The summed E-state index contributed by atoms with van der Waals surface area (Å²) in [6.07, 6.45) is 0. The van der Waals surface area contributed by atoms with Crippen LogP contribution >= 0.6 is 0 Å². The molecule has 2 aliphatic rings. The van der Waals surface area contributed by atoms with Crippen molar-refractivity contribution in [1.82, 2.24) is 14.0 Å². The van der Waals surface area contributed by atoms with Gasteiger partial charge in [0.25, 0.3) is 0 Å². The molecule has 0 amide bonds. The number of para-hydroxylation sites is 4. The summed E-state index contributed by atoms with van der Waals surface area (Å²) in [5.74, 6) is 1.96. The molecule has 5 aromatic carbocycles. The molecule has 0 radical (unpaired) electrons. The minimum atomic E-state index is 0.00407. The van der Waals surface area contributed by atoms with Crippen molar-refractivity contribution in [3.05, 3.63) is 127 Å². The molecule has 40 heavy (non-hydrogen) atoms. The van der Waals surface area contributed by atoms with E-state index in [1.165, 1.54) is 65.9 Å². The van der Waals surface area contributed by atoms with Crippen LogP contribution in [0.1, 0.15) is 0 Å². The highest BCUT2D eigenvalue weighted by Crippen LogP contribution is 2.48. The van der Waals surface area contributed by atoms with Crippen molar-refractivity contribution < 1.29 is 0 Å². The molecular formula is C35H21BN4. The molecule has 0 saturated heterocycles. The monoisotopic (exact) mass is 508 g/mol. The molecule has 184 valence electrons. The molecule has 5 heteroatoms. The van der Waals surface area contributed by atoms with E-state index in [1.807, 2.05) is 0 Å². The van der Waals surface area contributed by atoms with Gasteiger partial charge in [0.05, 0.1) is 16.6 Å². The lowest BCUT2D eigenvalue weighted by Gasteiger charge is -2.34. The third-order valence-corrected chi connectivity index (χ3v) is 8.87. The molecule has 0 atom stereocenters. The lowest BCUT2D eigenvalue weighted by Crippen LogP contribution is -2.51. The minimum Gasteiger partial charge on any atom is -0.358 e. The molecule has 0 aliphatic carbocycles. The predicted octanol–water partition coefficient (Wildman–Crippen LogP) is 7.66. The fourth-order valence-corrected chi connectivity index (χ4v) is 7.33. The van der Waals surface area contributed by atoms with Crippen LogP contribution in [0.3, 0.4) is 0 Å². The number of hydrogen-bond acceptors (Lipinski definition) is 2. The quantitative estimate of drug-likeness (QED) is 0.213. The van der Waals surface area contributed by atoms with Crippen LogP contribution in [0.4, 0.5) is 11.5 Å². The fraction of sp³-hybridized carbons (Fsp3) is 0. The highest BCUT2D eigenvalue weighted by Gasteiger charge is 2.46. The molecule has 0 N–H and O–H groups in total. The maximum atomic E-state index is 5.53. The number of nitrogens with zero attached hydrogens (tertiary/aromatic N) is 4. The highest BCUT2D eigenvalue weighted by atomic mass is 15.3. The van der Waals surface area contributed by atoms with Crippen molar-refractivity contribution in [2.75, 3.05) is 4.81 Å². The second-order valence-corrected chi connectivity index (χ2v) is 10.8. The van der Waals surface area contributed by atoms with E-state index >= 15 is 0 Å². The summed E-state index contributed by atoms with van der Waals surface area (Å²) in [7, 11) is 0. The lowest BCUT2D eigenvalue weighted by molar-refractivity contribution is 1.08. The summed E-state index contributed by atoms with van der Waals surface area (Å²) < 4.78 is 4.85. The average Bonchev–Trinajstić information content (AvgIpc) is 3.66. The molecule has 0 saturated carbocycles. The van der Waals surface area contributed by atoms with E-state index in [0.29, 0.717) is 0 Å². The van der Waals surface area contributed by atoms with E-state index in [2.05, 4.69) is 141 Å². The Hall–Kier alpha value is -5.29. The molecule has 5 heterocycles. The van der Waals surface area contributed by atoms with Crippen LogP contribution in [-0.4, -0.2) is 21.0 Å². The van der Waals surface area contributed by atoms with Gasteiger partial charge in [-0.1, -0.05) is 97.1 Å². The van der Waals surface area contributed by atoms with Gasteiger partial charge in [-0.3, -0.25) is 4.57 Å². The Morgan fingerprint density at radius 2 is 1.10 bits per heavy atom. The normalized spacial score (nSPS) is 13.4. The first kappa shape index (κ1) is 20.6. The Kier molecular flexibility index (Phi) is 3.73. The van der Waals surface area contributed by atoms with Crippen molar-refractivity contribution in [3.8, 4) is 16.9 Å². The maximum absolute atomic E-state index is 5.53. The standard InChI is InChI=1S/C35H21BN4/c1-6-16-28-22(11-1)23-12-4-10-20-32(23)40-35-34-27(26-15-5-9-19-31(26)39(34)36(28)40)21-33(37-35)38-29-17-7-2-13-24(29)25-14-3-8-18-30(25)38/h1-21H. The van der Waals surface area contributed by atoms with E-state index in [0.717, 1.165) is 11.6 Å². The average molecular weight is 508 g/mol. The summed E-state index contributed by atoms with van der Waals surface area (Å²) in [4.78, 5) is 8.00. The predicted molar refractivity (Wildman–Crippen MR) is 166 cm³/mol. The van der Waals surface area contributed by atoms with Gasteiger partial charge in [-0.25, -0.2) is 4.98 Å². The summed E-state index contributed by atoms with van der Waals surface area (Å²) in [5, 5.41) is 4.99. The molecule has 3 aromatic heterocycles. The van der Waals surface area contributed by atoms with Crippen molar-refractivity contribution in [1.29, 1.82) is 0 Å². The van der Waals surface area contributed by atoms with Crippen LogP contribution in [0, 0.1) is 0 Å². The number of pyridine rings is 1. The molecule has 0 bridgehead atoms. The van der Waals surface area contributed by atoms with E-state index in [4.69, 9.17) is 4.98 Å². The Morgan fingerprint density at radius 1 is 0.525 bits per heavy atom. The second kappa shape index (κ2) is 7.22. The van der Waals surface area contributed by atoms with Gasteiger partial charge in [-0.05, 0) is 41.4 Å². The molecule has 0 spiro atoms. The van der Waals surface area contributed by atoms with E-state index in [-0.39, 0.29) is 6.98 Å². The molecule has 2 aliphatic heterocycles. The Balaban J connectivity index is 1.38. The van der Waals surface area contributed by atoms with Gasteiger partial charge in [0.1, 0.15) is 11.6 Å². The zero-order chi connectivity index (χ0) is 25.9. The van der Waals surface area contributed by atoms with Crippen molar-refractivity contribution in [2.45, 2.75) is 0 Å². The topological polar surface area (TPSA) is 26.0 Å². The van der Waals surface area contributed by atoms with Gasteiger partial charge in [0.2, 0.25) is 0 Å². The van der Waals surface area contributed by atoms with Crippen molar-refractivity contribution >= 4 is 67.6 Å². The van der Waals surface area contributed by atoms with Gasteiger partial charge >= 0.3 is 6.98 Å². The molecular weight excluding hydrogens is 487 g/mol. The first-order valence-electron chi connectivity index (χ1n) is 13.8. The minimum absolute atomic E-state index is 0.00407. The number of benzene rings is 5. The molecule has 0 fully saturated rings. The zero-order valence-corrected chi connectivity index (χ0v) is 21.5. The third-order valence-electron chi connectivity index (χ3n) is 8.87. The molecule has 0 unspecified atom stereocenters. The van der Waals surface area contributed by atoms with Gasteiger partial charge in [-0.2, -0.15) is 0 Å². The number of fused-ring (bicyclic) bond motifs is 14. The van der Waals surface area contributed by atoms with Crippen LogP contribution in [0.25, 0.3) is 60.6 Å². The van der Waals surface area contributed by atoms with Crippen molar-refractivity contribution in [3.63, 3.8) is 0 Å². The SMILES string of the molecule is c1ccc2c(c1)B1N(c3ccccc3-2)c2nc(-n3c4ccccc4c4ccccc43)cc3c4ccccc4n1c23. The van der Waals surface area contributed by atoms with Crippen LogP contribution < -0.4 is 10.3 Å². The summed E-state index contributed by atoms with van der Waals surface area (Å²) in [5.41, 5.74) is 9.83. The van der Waals surface area contributed by atoms with Gasteiger partial charge in [0.15, 0.2) is 0 Å². The van der Waals surface area contributed by atoms with Crippen LogP contribution in [0.15, 0.2) is 127 Å². The van der Waals surface area contributed by atoms with Gasteiger partial charge in [0, 0.05) is 38.3 Å². The fourth-order valence-electron chi connectivity index (χ4n) is 7.33. The maximum Gasteiger partial charge on any atom is 0.422 e. The lowest BCUT2D eigenvalue weighted by atomic mass is 9.60. The smallest absolute Gasteiger partial charge is 0.358 e. The molecule has 10 rings (SSSR count). The van der Waals surface area contributed by atoms with E-state index in [9.17, 15) is 0 Å². The number of anilines is 2. The summed E-state index contributed by atoms with van der Waals surface area (Å²) in [6, 6.07) is 46.0. The van der Waals surface area contributed by atoms with Crippen LogP contribution in [-0.2, 0) is 0 Å². The first-order chi connectivity index (χ1) is 19.9. The summed E-state index contributed by atoms with van der Waals surface area (Å²) in [6.45, 7) is 0.00407. The Morgan fingerprint density at radius 3 is 1.85 bits per heavy atom. The molecule has 8 aromatic rings. The van der Waals surface area contributed by atoms with Gasteiger partial charge < -0.3 is 9.29 Å². The number of rotatable bonds is 1. The number of hydrogen-bond donors (Lipinski definition) is 0. The first-order valence-corrected chi connectivity index (χ1v) is 13.8. The third kappa shape index (κ3) is 2.37. The largest absolute Gasteiger partial charge is 0.422 e. The van der Waals surface area contributed by atoms with E-state index in [1.54, 1.807) is 0 Å². The Bertz CT molecular complexity index is 2310. The number of aromatic nitrogens is 3. The second-order valence-electron chi connectivity index (χ2n) is 10.8. The van der Waals surface area contributed by atoms with Gasteiger partial charge in [-0.15, -0.1) is 0 Å². The Labute approximate surface area is 230 Å². The van der Waals surface area contributed by atoms with Crippen molar-refractivity contribution in [2.24, 2.45) is 0 Å². The zero-order valence-electron chi connectivity index (χ0n) is 21.5. The van der Waals surface area contributed by atoms with E-state index < -0.39 is 0 Å². The summed E-state index contributed by atoms with van der Waals surface area (Å²) >= 11 is 0. The van der Waals surface area contributed by atoms with Crippen LogP contribution in [0.2, 0.25) is 0 Å². The highest BCUT2D eigenvalue weighted by molar-refractivity contribution is 6.82. The molecule has 4 nitrogen and oxygen atoms in total.